The SMILES string of the molecule is CC[C@H]1c2cc3[nH]c4c(c5nc(cc6[nH]c(cc(n2)[C@@H]1C)c(=C(C)O)c6C)[C@@H](C)[C@@H]5CCC(=O)OC/C=C(/C)CCC[C@H](C)CCC[C@@H](C)CCCC(C)C)[C@@H](C(=O)OC)C(O)=c4c3C. The normalized spacial score (nSPS) is 20.9. The van der Waals surface area contributed by atoms with Crippen molar-refractivity contribution < 1.29 is 29.3 Å². The number of hydrogen-bond donors (Lipinski definition) is 4. The molecule has 0 amide bonds. The van der Waals surface area contributed by atoms with Crippen molar-refractivity contribution in [2.45, 2.75) is 183 Å². The zero-order valence-corrected chi connectivity index (χ0v) is 41.5. The highest BCUT2D eigenvalue weighted by atomic mass is 16.5. The maximum absolute atomic E-state index is 13.7. The van der Waals surface area contributed by atoms with E-state index in [0.717, 1.165) is 81.1 Å². The van der Waals surface area contributed by atoms with Crippen LogP contribution in [0.5, 0.6) is 0 Å². The molecule has 3 aromatic rings. The average Bonchev–Trinajstić information content (AvgIpc) is 4.00. The summed E-state index contributed by atoms with van der Waals surface area (Å²) in [5, 5.41) is 24.2. The summed E-state index contributed by atoms with van der Waals surface area (Å²) in [4.78, 5) is 44.8. The molecule has 354 valence electrons. The minimum absolute atomic E-state index is 0.0748. The van der Waals surface area contributed by atoms with Gasteiger partial charge in [0.1, 0.15) is 18.3 Å². The van der Waals surface area contributed by atoms with Crippen molar-refractivity contribution >= 4 is 45.5 Å². The van der Waals surface area contributed by atoms with E-state index in [2.05, 4.69) is 77.5 Å². The zero-order valence-electron chi connectivity index (χ0n) is 41.5. The summed E-state index contributed by atoms with van der Waals surface area (Å²) in [6.07, 6.45) is 14.8. The van der Waals surface area contributed by atoms with E-state index < -0.39 is 11.9 Å². The number of rotatable bonds is 19. The number of fused-ring (bicyclic) bond motifs is 8. The number of methoxy groups -OCH3 is 1. The number of H-pyrrole nitrogens is 2. The second-order valence-electron chi connectivity index (χ2n) is 20.4. The Hall–Kier alpha value is -4.86. The van der Waals surface area contributed by atoms with Crippen LogP contribution in [0.4, 0.5) is 0 Å². The Morgan fingerprint density at radius 1 is 0.800 bits per heavy atom. The lowest BCUT2D eigenvalue weighted by Crippen LogP contribution is -2.18. The molecule has 8 bridgehead atoms. The first-order chi connectivity index (χ1) is 30.9. The quantitative estimate of drug-likeness (QED) is 0.0686. The van der Waals surface area contributed by atoms with Crippen LogP contribution in [0, 0.1) is 31.6 Å². The number of carbonyl (C=O) groups is 2. The van der Waals surface area contributed by atoms with E-state index in [0.29, 0.717) is 34.3 Å². The molecule has 1 aliphatic carbocycles. The van der Waals surface area contributed by atoms with Gasteiger partial charge in [0.25, 0.3) is 0 Å². The van der Waals surface area contributed by atoms with E-state index >= 15 is 0 Å². The fourth-order valence-electron chi connectivity index (χ4n) is 10.8. The van der Waals surface area contributed by atoms with E-state index in [9.17, 15) is 19.8 Å². The molecule has 10 nitrogen and oxygen atoms in total. The molecule has 5 heterocycles. The van der Waals surface area contributed by atoms with Crippen LogP contribution in [0.25, 0.3) is 33.6 Å². The molecule has 7 atom stereocenters. The number of aliphatic hydroxyl groups is 2. The van der Waals surface area contributed by atoms with Gasteiger partial charge in [-0.2, -0.15) is 0 Å². The Morgan fingerprint density at radius 2 is 1.40 bits per heavy atom. The third-order valence-corrected chi connectivity index (χ3v) is 14.9. The van der Waals surface area contributed by atoms with Gasteiger partial charge in [0.15, 0.2) is 0 Å². The maximum atomic E-state index is 13.7. The Morgan fingerprint density at radius 3 is 2.05 bits per heavy atom. The van der Waals surface area contributed by atoms with E-state index in [1.54, 1.807) is 6.92 Å². The summed E-state index contributed by atoms with van der Waals surface area (Å²) in [5.41, 5.74) is 9.71. The largest absolute Gasteiger partial charge is 0.512 e. The van der Waals surface area contributed by atoms with Crippen molar-refractivity contribution in [1.82, 2.24) is 19.9 Å². The minimum atomic E-state index is -1.09. The molecule has 3 aromatic heterocycles. The molecule has 3 aliphatic rings. The number of aromatic amines is 2. The number of allylic oxidation sites excluding steroid dienone is 1. The monoisotopic (exact) mass is 891 g/mol. The lowest BCUT2D eigenvalue weighted by atomic mass is 9.84. The second kappa shape index (κ2) is 21.6. The highest BCUT2D eigenvalue weighted by molar-refractivity contribution is 5.96. The fraction of sp³-hybridized carbons (Fsp3) is 0.600. The summed E-state index contributed by atoms with van der Waals surface area (Å²) in [6, 6.07) is 6.12. The molecule has 2 aliphatic heterocycles. The maximum Gasteiger partial charge on any atom is 0.321 e. The lowest BCUT2D eigenvalue weighted by molar-refractivity contribution is -0.143. The Labute approximate surface area is 387 Å². The van der Waals surface area contributed by atoms with Crippen LogP contribution < -0.4 is 10.4 Å². The van der Waals surface area contributed by atoms with Crippen molar-refractivity contribution in [3.05, 3.63) is 79.8 Å². The highest BCUT2D eigenvalue weighted by Crippen LogP contribution is 2.46. The Bertz CT molecular complexity index is 2540. The van der Waals surface area contributed by atoms with Crippen molar-refractivity contribution in [2.24, 2.45) is 17.8 Å². The third-order valence-electron chi connectivity index (χ3n) is 14.9. The Kier molecular flexibility index (Phi) is 16.5. The molecule has 0 fully saturated rings. The number of nitrogens with one attached hydrogen (secondary N) is 2. The smallest absolute Gasteiger partial charge is 0.321 e. The van der Waals surface area contributed by atoms with Crippen molar-refractivity contribution in [2.75, 3.05) is 13.7 Å². The first-order valence-electron chi connectivity index (χ1n) is 24.7. The van der Waals surface area contributed by atoms with Gasteiger partial charge in [0.05, 0.1) is 29.6 Å². The summed E-state index contributed by atoms with van der Waals surface area (Å²) in [7, 11) is 1.33. The predicted octanol–water partition coefficient (Wildman–Crippen LogP) is 12.4. The van der Waals surface area contributed by atoms with Gasteiger partial charge in [-0.25, -0.2) is 0 Å². The van der Waals surface area contributed by atoms with Crippen molar-refractivity contribution in [3.8, 4) is 0 Å². The van der Waals surface area contributed by atoms with Crippen LogP contribution in [0.1, 0.15) is 208 Å². The van der Waals surface area contributed by atoms with E-state index in [1.807, 2.05) is 26.0 Å². The highest BCUT2D eigenvalue weighted by Gasteiger charge is 2.42. The molecule has 0 saturated carbocycles. The molecule has 10 heteroatoms. The van der Waals surface area contributed by atoms with Gasteiger partial charge in [-0.15, -0.1) is 0 Å². The van der Waals surface area contributed by atoms with Gasteiger partial charge >= 0.3 is 11.9 Å². The van der Waals surface area contributed by atoms with Gasteiger partial charge in [0.2, 0.25) is 0 Å². The van der Waals surface area contributed by atoms with Crippen molar-refractivity contribution in [3.63, 3.8) is 0 Å². The topological polar surface area (TPSA) is 150 Å². The number of nitrogens with zero attached hydrogens (tertiary/aromatic N) is 2. The first kappa shape index (κ1) is 49.6. The lowest BCUT2D eigenvalue weighted by Gasteiger charge is -2.19. The third kappa shape index (κ3) is 11.1. The van der Waals surface area contributed by atoms with Crippen LogP contribution in [-0.2, 0) is 19.1 Å². The molecule has 0 radical (unpaired) electrons. The van der Waals surface area contributed by atoms with Crippen LogP contribution in [0.15, 0.2) is 29.8 Å². The molecular weight excluding hydrogens is 813 g/mol. The van der Waals surface area contributed by atoms with Gasteiger partial charge in [-0.3, -0.25) is 19.6 Å². The summed E-state index contributed by atoms with van der Waals surface area (Å²) in [6.45, 7) is 23.8. The molecule has 0 saturated heterocycles. The summed E-state index contributed by atoms with van der Waals surface area (Å²) < 4.78 is 11.1. The number of aromatic nitrogens is 4. The summed E-state index contributed by atoms with van der Waals surface area (Å²) in [5.74, 6) is 0.302. The zero-order chi connectivity index (χ0) is 47.3. The number of esters is 2. The number of aliphatic hydroxyl groups excluding tert-OH is 2. The minimum Gasteiger partial charge on any atom is -0.512 e. The van der Waals surface area contributed by atoms with E-state index in [-0.39, 0.29) is 54.2 Å². The van der Waals surface area contributed by atoms with Crippen molar-refractivity contribution in [1.29, 1.82) is 0 Å². The molecule has 4 N–H and O–H groups in total. The van der Waals surface area contributed by atoms with Crippen LogP contribution in [0.2, 0.25) is 0 Å². The summed E-state index contributed by atoms with van der Waals surface area (Å²) >= 11 is 0. The molecule has 0 unspecified atom stereocenters. The number of carbonyl (C=O) groups excluding carboxylic acids is 2. The standard InChI is InChI=1S/C55H78N4O6/c1-13-39-34(7)41-29-46-48(38(11)60)36(9)43(57-46)27-42-35(8)40(52(58-42)50-51(55(63)64-12)54(62)49-37(10)44(59-53(49)50)28-45(39)56-41)23-24-47(61)65-26-25-33(6)22-16-21-32(5)20-15-19-31(4)18-14-17-30(2)3/h25,27-32,34-35,39-40,51,57,59-60,62H,13-24,26H2,1-12H3/b33-25-,42-27?,45-28?,46-29?,48-38?/t31-,32+,34+,35-,39+,40-,51+/m0/s1. The van der Waals surface area contributed by atoms with Gasteiger partial charge < -0.3 is 29.7 Å². The molecule has 6 rings (SSSR count). The number of ether oxygens (including phenoxy) is 2. The van der Waals surface area contributed by atoms with Crippen LogP contribution in [-0.4, -0.2) is 55.8 Å². The van der Waals surface area contributed by atoms with E-state index in [4.69, 9.17) is 19.4 Å². The number of aryl methyl sites for hydroxylation is 2. The van der Waals surface area contributed by atoms with Crippen LogP contribution >= 0.6 is 0 Å². The molecule has 65 heavy (non-hydrogen) atoms. The van der Waals surface area contributed by atoms with Gasteiger partial charge in [-0.05, 0) is 107 Å². The number of hydrogen-bond acceptors (Lipinski definition) is 8. The second-order valence-corrected chi connectivity index (χ2v) is 20.4. The molecule has 0 spiro atoms. The van der Waals surface area contributed by atoms with Crippen LogP contribution in [0.3, 0.4) is 0 Å². The first-order valence-corrected chi connectivity index (χ1v) is 24.7. The van der Waals surface area contributed by atoms with Gasteiger partial charge in [-0.1, -0.05) is 99.0 Å². The average molecular weight is 891 g/mol. The Balaban J connectivity index is 1.25. The molecule has 0 aromatic carbocycles. The fourth-order valence-corrected chi connectivity index (χ4v) is 10.8. The van der Waals surface area contributed by atoms with E-state index in [1.165, 1.54) is 57.6 Å². The van der Waals surface area contributed by atoms with Gasteiger partial charge in [0, 0.05) is 74.2 Å². The predicted molar refractivity (Wildman–Crippen MR) is 264 cm³/mol. The molecular formula is C55H78N4O6.